The van der Waals surface area contributed by atoms with E-state index < -0.39 is 5.97 Å². The van der Waals surface area contributed by atoms with E-state index in [2.05, 4.69) is 15.3 Å². The number of nitrogens with one attached hydrogen (secondary N) is 2. The molecule has 0 radical (unpaired) electrons. The van der Waals surface area contributed by atoms with Crippen LogP contribution in [0.25, 0.3) is 0 Å². The van der Waals surface area contributed by atoms with Gasteiger partial charge in [-0.2, -0.15) is 0 Å². The van der Waals surface area contributed by atoms with Crippen LogP contribution < -0.4 is 5.32 Å². The predicted molar refractivity (Wildman–Crippen MR) is 43.1 cm³/mol. The number of hydrogen-bond donors (Lipinski definition) is 3. The molecule has 0 bridgehead atoms. The first kappa shape index (κ1) is 9.24. The molecule has 1 aromatic rings. The second kappa shape index (κ2) is 3.70. The Kier molecular flexibility index (Phi) is 2.63. The lowest BCUT2D eigenvalue weighted by atomic mass is 10.3. The van der Waals surface area contributed by atoms with Crippen molar-refractivity contribution in [1.29, 1.82) is 0 Å². The lowest BCUT2D eigenvalue weighted by molar-refractivity contribution is -0.119. The highest BCUT2D eigenvalue weighted by Crippen LogP contribution is 2.01. The minimum atomic E-state index is -1.11. The number of carboxylic acids is 1. The van der Waals surface area contributed by atoms with E-state index in [-0.39, 0.29) is 18.1 Å². The fraction of sp³-hybridized carbons (Fsp3) is 0.286. The van der Waals surface area contributed by atoms with Gasteiger partial charge in [0.2, 0.25) is 5.91 Å². The lowest BCUT2D eigenvalue weighted by Crippen LogP contribution is -2.20. The Labute approximate surface area is 74.0 Å². The first-order chi connectivity index (χ1) is 6.11. The average Bonchev–Trinajstić information content (AvgIpc) is 2.47. The first-order valence-electron chi connectivity index (χ1n) is 3.61. The van der Waals surface area contributed by atoms with Crippen LogP contribution in [0, 0.1) is 0 Å². The van der Waals surface area contributed by atoms with Crippen LogP contribution in [-0.4, -0.2) is 27.0 Å². The number of imidazole rings is 1. The summed E-state index contributed by atoms with van der Waals surface area (Å²) in [4.78, 5) is 27.3. The molecule has 0 atom stereocenters. The highest BCUT2D eigenvalue weighted by Gasteiger charge is 2.12. The molecule has 13 heavy (non-hydrogen) atoms. The molecule has 0 aliphatic rings. The van der Waals surface area contributed by atoms with Gasteiger partial charge in [-0.3, -0.25) is 4.79 Å². The normalized spacial score (nSPS) is 9.62. The minimum Gasteiger partial charge on any atom is -0.476 e. The van der Waals surface area contributed by atoms with Crippen molar-refractivity contribution in [3.05, 3.63) is 17.7 Å². The third-order valence-corrected chi connectivity index (χ3v) is 1.43. The van der Waals surface area contributed by atoms with Crippen molar-refractivity contribution in [3.63, 3.8) is 0 Å². The van der Waals surface area contributed by atoms with Crippen molar-refractivity contribution in [3.8, 4) is 0 Å². The zero-order valence-electron chi connectivity index (χ0n) is 7.00. The number of rotatable bonds is 3. The summed E-state index contributed by atoms with van der Waals surface area (Å²) in [6.45, 7) is 1.51. The molecular formula is C7H9N3O3. The van der Waals surface area contributed by atoms with E-state index in [0.717, 1.165) is 0 Å². The van der Waals surface area contributed by atoms with Crippen LogP contribution in [-0.2, 0) is 11.3 Å². The summed E-state index contributed by atoms with van der Waals surface area (Å²) in [7, 11) is 0. The van der Waals surface area contributed by atoms with Gasteiger partial charge in [-0.25, -0.2) is 9.78 Å². The molecule has 0 spiro atoms. The lowest BCUT2D eigenvalue weighted by Gasteiger charge is -1.99. The summed E-state index contributed by atoms with van der Waals surface area (Å²) in [5.74, 6) is -1.33. The maximum atomic E-state index is 10.5. The van der Waals surface area contributed by atoms with Crippen molar-refractivity contribution in [2.75, 3.05) is 0 Å². The van der Waals surface area contributed by atoms with Crippen LogP contribution >= 0.6 is 0 Å². The first-order valence-corrected chi connectivity index (χ1v) is 3.61. The van der Waals surface area contributed by atoms with Crippen molar-refractivity contribution >= 4 is 11.9 Å². The molecule has 0 aliphatic carbocycles. The molecule has 1 rings (SSSR count). The Hall–Kier alpha value is -1.85. The molecule has 6 heteroatoms. The Morgan fingerprint density at radius 1 is 1.69 bits per heavy atom. The Morgan fingerprint density at radius 2 is 2.38 bits per heavy atom. The van der Waals surface area contributed by atoms with E-state index in [4.69, 9.17) is 5.11 Å². The summed E-state index contributed by atoms with van der Waals surface area (Å²) in [6.07, 6.45) is 1.28. The topological polar surface area (TPSA) is 95.1 Å². The van der Waals surface area contributed by atoms with Crippen molar-refractivity contribution in [1.82, 2.24) is 15.3 Å². The number of aromatic carboxylic acids is 1. The van der Waals surface area contributed by atoms with Crippen LogP contribution in [0.2, 0.25) is 0 Å². The van der Waals surface area contributed by atoms with E-state index in [1.54, 1.807) is 0 Å². The molecule has 1 aromatic heterocycles. The summed E-state index contributed by atoms with van der Waals surface area (Å²) in [5.41, 5.74) is 0.330. The second-order valence-corrected chi connectivity index (χ2v) is 2.44. The SMILES string of the molecule is CC(=O)NCc1[nH]cnc1C(=O)O. The molecule has 0 saturated heterocycles. The van der Waals surface area contributed by atoms with E-state index >= 15 is 0 Å². The number of aromatic nitrogens is 2. The van der Waals surface area contributed by atoms with Crippen LogP contribution in [0.3, 0.4) is 0 Å². The van der Waals surface area contributed by atoms with Crippen LogP contribution in [0.1, 0.15) is 23.1 Å². The number of carboxylic acid groups (broad SMARTS) is 1. The Morgan fingerprint density at radius 3 is 2.92 bits per heavy atom. The molecular weight excluding hydrogens is 174 g/mol. The molecule has 1 heterocycles. The maximum Gasteiger partial charge on any atom is 0.356 e. The molecule has 0 saturated carbocycles. The van der Waals surface area contributed by atoms with Crippen LogP contribution in [0.5, 0.6) is 0 Å². The zero-order valence-corrected chi connectivity index (χ0v) is 7.00. The number of carbonyl (C=O) groups is 2. The van der Waals surface area contributed by atoms with Gasteiger partial charge in [0.05, 0.1) is 18.6 Å². The summed E-state index contributed by atoms with van der Waals surface area (Å²) >= 11 is 0. The van der Waals surface area contributed by atoms with Crippen molar-refractivity contribution < 1.29 is 14.7 Å². The maximum absolute atomic E-state index is 10.5. The van der Waals surface area contributed by atoms with Crippen LogP contribution in [0.4, 0.5) is 0 Å². The summed E-state index contributed by atoms with van der Waals surface area (Å²) in [5, 5.41) is 11.1. The summed E-state index contributed by atoms with van der Waals surface area (Å²) < 4.78 is 0. The Bertz CT molecular complexity index is 331. The fourth-order valence-electron chi connectivity index (χ4n) is 0.853. The highest BCUT2D eigenvalue weighted by atomic mass is 16.4. The monoisotopic (exact) mass is 183 g/mol. The number of carbonyl (C=O) groups excluding carboxylic acids is 1. The Balaban J connectivity index is 2.71. The third-order valence-electron chi connectivity index (χ3n) is 1.43. The minimum absolute atomic E-state index is 0.0613. The van der Waals surface area contributed by atoms with Crippen LogP contribution in [0.15, 0.2) is 6.33 Å². The molecule has 70 valence electrons. The van der Waals surface area contributed by atoms with E-state index in [1.807, 2.05) is 0 Å². The van der Waals surface area contributed by atoms with E-state index in [1.165, 1.54) is 13.3 Å². The van der Waals surface area contributed by atoms with Gasteiger partial charge in [0.25, 0.3) is 0 Å². The van der Waals surface area contributed by atoms with E-state index in [0.29, 0.717) is 5.69 Å². The number of hydrogen-bond acceptors (Lipinski definition) is 3. The van der Waals surface area contributed by atoms with E-state index in [9.17, 15) is 9.59 Å². The van der Waals surface area contributed by atoms with Gasteiger partial charge >= 0.3 is 5.97 Å². The zero-order chi connectivity index (χ0) is 9.84. The molecule has 0 unspecified atom stereocenters. The van der Waals surface area contributed by atoms with Gasteiger partial charge in [-0.15, -0.1) is 0 Å². The van der Waals surface area contributed by atoms with Gasteiger partial charge in [-0.1, -0.05) is 0 Å². The van der Waals surface area contributed by atoms with Crippen molar-refractivity contribution in [2.24, 2.45) is 0 Å². The number of aromatic amines is 1. The van der Waals surface area contributed by atoms with Crippen molar-refractivity contribution in [2.45, 2.75) is 13.5 Å². The molecule has 6 nitrogen and oxygen atoms in total. The highest BCUT2D eigenvalue weighted by molar-refractivity contribution is 5.86. The summed E-state index contributed by atoms with van der Waals surface area (Å²) in [6, 6.07) is 0. The molecule has 0 aliphatic heterocycles. The average molecular weight is 183 g/mol. The molecule has 0 aromatic carbocycles. The second-order valence-electron chi connectivity index (χ2n) is 2.44. The van der Waals surface area contributed by atoms with Gasteiger partial charge in [0.1, 0.15) is 0 Å². The number of nitrogens with zero attached hydrogens (tertiary/aromatic N) is 1. The molecule has 1 amide bonds. The fourth-order valence-corrected chi connectivity index (χ4v) is 0.853. The molecule has 0 fully saturated rings. The largest absolute Gasteiger partial charge is 0.476 e. The van der Waals surface area contributed by atoms with Gasteiger partial charge in [-0.05, 0) is 0 Å². The predicted octanol–water partition coefficient (Wildman–Crippen LogP) is -0.256. The number of amides is 1. The standard InChI is InChI=1S/C7H9N3O3/c1-4(11)8-2-5-6(7(12)13)10-3-9-5/h3H,2H2,1H3,(H,8,11)(H,9,10)(H,12,13). The number of H-pyrrole nitrogens is 1. The van der Waals surface area contributed by atoms with Gasteiger partial charge in [0, 0.05) is 6.92 Å². The third kappa shape index (κ3) is 2.29. The molecule has 3 N–H and O–H groups in total. The smallest absolute Gasteiger partial charge is 0.356 e. The van der Waals surface area contributed by atoms with Gasteiger partial charge in [0.15, 0.2) is 5.69 Å². The van der Waals surface area contributed by atoms with Gasteiger partial charge < -0.3 is 15.4 Å². The quantitative estimate of drug-likeness (QED) is 0.601.